The van der Waals surface area contributed by atoms with E-state index in [-0.39, 0.29) is 10.9 Å². The van der Waals surface area contributed by atoms with E-state index in [1.54, 1.807) is 0 Å². The molecule has 1 saturated heterocycles. The number of thiocarbonyl (C=S) groups is 1. The maximum atomic E-state index is 12.3. The van der Waals surface area contributed by atoms with Crippen molar-refractivity contribution in [3.8, 4) is 0 Å². The summed E-state index contributed by atoms with van der Waals surface area (Å²) in [6.07, 6.45) is 5.51. The zero-order chi connectivity index (χ0) is 13.0. The molecule has 1 aliphatic rings. The summed E-state index contributed by atoms with van der Waals surface area (Å²) >= 11 is 5.05. The Morgan fingerprint density at radius 2 is 2.17 bits per heavy atom. The van der Waals surface area contributed by atoms with Gasteiger partial charge in [0.2, 0.25) is 5.91 Å². The summed E-state index contributed by atoms with van der Waals surface area (Å²) < 4.78 is 5.25. The van der Waals surface area contributed by atoms with Gasteiger partial charge in [-0.25, -0.2) is 4.98 Å². The van der Waals surface area contributed by atoms with Crippen molar-refractivity contribution in [1.82, 2.24) is 9.97 Å². The molecule has 2 rings (SSSR count). The van der Waals surface area contributed by atoms with Gasteiger partial charge in [-0.05, 0) is 12.8 Å². The van der Waals surface area contributed by atoms with E-state index in [1.807, 2.05) is 0 Å². The number of carbonyl (C=O) groups is 1. The highest BCUT2D eigenvalue weighted by Gasteiger charge is 2.43. The summed E-state index contributed by atoms with van der Waals surface area (Å²) in [4.78, 5) is 20.4. The molecule has 0 spiro atoms. The molecule has 0 bridgehead atoms. The molecule has 0 aromatic carbocycles. The number of hydrogen-bond acceptors (Lipinski definition) is 5. The smallest absolute Gasteiger partial charge is 0.238 e. The Bertz CT molecular complexity index is 446. The van der Waals surface area contributed by atoms with Gasteiger partial charge in [-0.15, -0.1) is 0 Å². The SMILES string of the molecule is NC(=S)C1(C(=O)Nc2cnccn2)CCOCC1. The van der Waals surface area contributed by atoms with Crippen LogP contribution in [0.25, 0.3) is 0 Å². The van der Waals surface area contributed by atoms with Gasteiger partial charge in [-0.3, -0.25) is 9.78 Å². The molecule has 96 valence electrons. The second-order valence-electron chi connectivity index (χ2n) is 4.10. The number of amides is 1. The van der Waals surface area contributed by atoms with Crippen molar-refractivity contribution >= 4 is 28.9 Å². The summed E-state index contributed by atoms with van der Waals surface area (Å²) in [7, 11) is 0. The van der Waals surface area contributed by atoms with Crippen LogP contribution in [0.5, 0.6) is 0 Å². The molecule has 1 amide bonds. The summed E-state index contributed by atoms with van der Waals surface area (Å²) in [5, 5.41) is 2.70. The van der Waals surface area contributed by atoms with Crippen molar-refractivity contribution in [2.45, 2.75) is 12.8 Å². The predicted octanol–water partition coefficient (Wildman–Crippen LogP) is 0.498. The van der Waals surface area contributed by atoms with E-state index in [0.29, 0.717) is 31.9 Å². The first-order valence-corrected chi connectivity index (χ1v) is 6.01. The molecule has 0 saturated carbocycles. The minimum atomic E-state index is -0.842. The van der Waals surface area contributed by atoms with Gasteiger partial charge in [0.25, 0.3) is 0 Å². The van der Waals surface area contributed by atoms with Gasteiger partial charge in [-0.2, -0.15) is 0 Å². The second-order valence-corrected chi connectivity index (χ2v) is 4.54. The maximum Gasteiger partial charge on any atom is 0.238 e. The Morgan fingerprint density at radius 3 is 2.72 bits per heavy atom. The topological polar surface area (TPSA) is 90.1 Å². The number of rotatable bonds is 3. The van der Waals surface area contributed by atoms with E-state index in [2.05, 4.69) is 15.3 Å². The molecule has 18 heavy (non-hydrogen) atoms. The molecule has 6 nitrogen and oxygen atoms in total. The van der Waals surface area contributed by atoms with Crippen LogP contribution in [0.2, 0.25) is 0 Å². The molecule has 2 heterocycles. The van der Waals surface area contributed by atoms with E-state index in [0.717, 1.165) is 0 Å². The number of aromatic nitrogens is 2. The first kappa shape index (κ1) is 12.8. The summed E-state index contributed by atoms with van der Waals surface area (Å²) in [6, 6.07) is 0. The largest absolute Gasteiger partial charge is 0.392 e. The van der Waals surface area contributed by atoms with Crippen LogP contribution in [0, 0.1) is 5.41 Å². The number of nitrogens with two attached hydrogens (primary N) is 1. The van der Waals surface area contributed by atoms with Crippen molar-refractivity contribution in [2.24, 2.45) is 11.1 Å². The van der Waals surface area contributed by atoms with E-state index < -0.39 is 5.41 Å². The normalized spacial score (nSPS) is 18.0. The summed E-state index contributed by atoms with van der Waals surface area (Å²) in [5.41, 5.74) is 4.89. The van der Waals surface area contributed by atoms with E-state index >= 15 is 0 Å². The Labute approximate surface area is 110 Å². The maximum absolute atomic E-state index is 12.3. The average Bonchev–Trinajstić information content (AvgIpc) is 2.40. The van der Waals surface area contributed by atoms with Crippen LogP contribution in [0.4, 0.5) is 5.82 Å². The minimum absolute atomic E-state index is 0.201. The van der Waals surface area contributed by atoms with Crippen LogP contribution in [0.15, 0.2) is 18.6 Å². The van der Waals surface area contributed by atoms with Crippen LogP contribution < -0.4 is 11.1 Å². The monoisotopic (exact) mass is 266 g/mol. The molecular formula is C11H14N4O2S. The Balaban J connectivity index is 2.16. The van der Waals surface area contributed by atoms with Gasteiger partial charge in [0, 0.05) is 25.6 Å². The fourth-order valence-corrected chi connectivity index (χ4v) is 2.20. The van der Waals surface area contributed by atoms with Gasteiger partial charge >= 0.3 is 0 Å². The third-order valence-corrected chi connectivity index (χ3v) is 3.45. The molecule has 1 aliphatic heterocycles. The summed E-state index contributed by atoms with van der Waals surface area (Å²) in [5.74, 6) is 0.156. The number of carbonyl (C=O) groups excluding carboxylic acids is 1. The molecule has 7 heteroatoms. The third kappa shape index (κ3) is 2.46. The Morgan fingerprint density at radius 1 is 1.44 bits per heavy atom. The van der Waals surface area contributed by atoms with Gasteiger partial charge in [-0.1, -0.05) is 12.2 Å². The Kier molecular flexibility index (Phi) is 3.83. The first-order chi connectivity index (χ1) is 8.65. The molecule has 0 atom stereocenters. The lowest BCUT2D eigenvalue weighted by Crippen LogP contribution is -2.49. The van der Waals surface area contributed by atoms with E-state index in [9.17, 15) is 4.79 Å². The van der Waals surface area contributed by atoms with Crippen molar-refractivity contribution < 1.29 is 9.53 Å². The molecule has 0 aliphatic carbocycles. The third-order valence-electron chi connectivity index (χ3n) is 3.06. The highest BCUT2D eigenvalue weighted by Crippen LogP contribution is 2.32. The minimum Gasteiger partial charge on any atom is -0.392 e. The highest BCUT2D eigenvalue weighted by molar-refractivity contribution is 7.80. The van der Waals surface area contributed by atoms with Crippen LogP contribution in [-0.4, -0.2) is 34.1 Å². The lowest BCUT2D eigenvalue weighted by molar-refractivity contribution is -0.126. The number of hydrogen-bond donors (Lipinski definition) is 2. The average molecular weight is 266 g/mol. The highest BCUT2D eigenvalue weighted by atomic mass is 32.1. The molecule has 1 aromatic heterocycles. The number of anilines is 1. The molecule has 1 fully saturated rings. The standard InChI is InChI=1S/C11H14N4O2S/c12-9(18)11(1-5-17-6-2-11)10(16)15-8-7-13-3-4-14-8/h3-4,7H,1-2,5-6H2,(H2,12,18)(H,14,15,16). The van der Waals surface area contributed by atoms with Crippen LogP contribution in [-0.2, 0) is 9.53 Å². The number of nitrogens with zero attached hydrogens (tertiary/aromatic N) is 2. The second kappa shape index (κ2) is 5.36. The van der Waals surface area contributed by atoms with Crippen molar-refractivity contribution in [3.05, 3.63) is 18.6 Å². The molecule has 0 unspecified atom stereocenters. The van der Waals surface area contributed by atoms with E-state index in [4.69, 9.17) is 22.7 Å². The first-order valence-electron chi connectivity index (χ1n) is 5.60. The van der Waals surface area contributed by atoms with Crippen LogP contribution in [0.3, 0.4) is 0 Å². The van der Waals surface area contributed by atoms with Crippen molar-refractivity contribution in [2.75, 3.05) is 18.5 Å². The van der Waals surface area contributed by atoms with Crippen molar-refractivity contribution in [3.63, 3.8) is 0 Å². The lowest BCUT2D eigenvalue weighted by atomic mass is 9.79. The Hall–Kier alpha value is -1.60. The van der Waals surface area contributed by atoms with Crippen LogP contribution in [0.1, 0.15) is 12.8 Å². The number of nitrogens with one attached hydrogen (secondary N) is 1. The zero-order valence-electron chi connectivity index (χ0n) is 9.76. The quantitative estimate of drug-likeness (QED) is 0.774. The fraction of sp³-hybridized carbons (Fsp3) is 0.455. The predicted molar refractivity (Wildman–Crippen MR) is 69.9 cm³/mol. The zero-order valence-corrected chi connectivity index (χ0v) is 10.6. The molecule has 1 aromatic rings. The van der Waals surface area contributed by atoms with Gasteiger partial charge in [0.05, 0.1) is 11.2 Å². The molecular weight excluding hydrogens is 252 g/mol. The van der Waals surface area contributed by atoms with Gasteiger partial charge in [0.15, 0.2) is 5.82 Å². The summed E-state index contributed by atoms with van der Waals surface area (Å²) in [6.45, 7) is 0.955. The van der Waals surface area contributed by atoms with E-state index in [1.165, 1.54) is 18.6 Å². The molecule has 3 N–H and O–H groups in total. The van der Waals surface area contributed by atoms with Crippen LogP contribution >= 0.6 is 12.2 Å². The molecule has 0 radical (unpaired) electrons. The van der Waals surface area contributed by atoms with Gasteiger partial charge in [0.1, 0.15) is 5.41 Å². The fourth-order valence-electron chi connectivity index (χ4n) is 1.90. The van der Waals surface area contributed by atoms with Gasteiger partial charge < -0.3 is 15.8 Å². The number of ether oxygens (including phenoxy) is 1. The van der Waals surface area contributed by atoms with Crippen molar-refractivity contribution in [1.29, 1.82) is 0 Å². The lowest BCUT2D eigenvalue weighted by Gasteiger charge is -2.34.